The van der Waals surface area contributed by atoms with E-state index in [1.54, 1.807) is 11.3 Å². The Balaban J connectivity index is 1.90. The molecule has 2 heterocycles. The van der Waals surface area contributed by atoms with E-state index in [0.717, 1.165) is 19.6 Å². The van der Waals surface area contributed by atoms with Gasteiger partial charge in [-0.1, -0.05) is 30.3 Å². The van der Waals surface area contributed by atoms with Gasteiger partial charge in [-0.3, -0.25) is 9.88 Å². The summed E-state index contributed by atoms with van der Waals surface area (Å²) in [6.45, 7) is 7.61. The lowest BCUT2D eigenvalue weighted by Crippen LogP contribution is -2.60. The number of nitrogens with zero attached hydrogens (tertiary/aromatic N) is 2. The number of benzene rings is 1. The molecule has 0 bridgehead atoms. The minimum atomic E-state index is 0.0394. The Bertz CT molecular complexity index is 540. The van der Waals surface area contributed by atoms with Gasteiger partial charge in [-0.05, 0) is 19.4 Å². The van der Waals surface area contributed by atoms with E-state index in [0.29, 0.717) is 6.04 Å². The smallest absolute Gasteiger partial charge is 0.0794 e. The molecule has 0 saturated carbocycles. The molecular formula is C16H21N3S. The molecule has 1 saturated heterocycles. The van der Waals surface area contributed by atoms with Gasteiger partial charge in [0, 0.05) is 36.8 Å². The van der Waals surface area contributed by atoms with Crippen LogP contribution >= 0.6 is 11.3 Å². The van der Waals surface area contributed by atoms with Gasteiger partial charge in [-0.25, -0.2) is 0 Å². The van der Waals surface area contributed by atoms with Crippen molar-refractivity contribution in [2.75, 3.05) is 13.1 Å². The van der Waals surface area contributed by atoms with E-state index < -0.39 is 0 Å². The van der Waals surface area contributed by atoms with Crippen LogP contribution in [0.2, 0.25) is 0 Å². The van der Waals surface area contributed by atoms with Gasteiger partial charge in [0.25, 0.3) is 0 Å². The van der Waals surface area contributed by atoms with Crippen molar-refractivity contribution in [3.05, 3.63) is 52.5 Å². The molecule has 1 N–H and O–H groups in total. The monoisotopic (exact) mass is 287 g/mol. The molecule has 4 heteroatoms. The average Bonchev–Trinajstić information content (AvgIpc) is 2.97. The number of hydrogen-bond acceptors (Lipinski definition) is 4. The van der Waals surface area contributed by atoms with E-state index >= 15 is 0 Å². The summed E-state index contributed by atoms with van der Waals surface area (Å²) in [7, 11) is 0. The fourth-order valence-electron chi connectivity index (χ4n) is 2.91. The first-order valence-corrected chi connectivity index (χ1v) is 7.98. The number of piperazine rings is 1. The van der Waals surface area contributed by atoms with Crippen molar-refractivity contribution in [2.45, 2.75) is 32.0 Å². The highest BCUT2D eigenvalue weighted by molar-refractivity contribution is 7.09. The van der Waals surface area contributed by atoms with Crippen molar-refractivity contribution < 1.29 is 0 Å². The van der Waals surface area contributed by atoms with Gasteiger partial charge in [0.1, 0.15) is 0 Å². The van der Waals surface area contributed by atoms with Gasteiger partial charge in [-0.15, -0.1) is 11.3 Å². The van der Waals surface area contributed by atoms with Crippen LogP contribution in [0.25, 0.3) is 0 Å². The lowest BCUT2D eigenvalue weighted by molar-refractivity contribution is 0.0467. The normalized spacial score (nSPS) is 27.6. The lowest BCUT2D eigenvalue weighted by atomic mass is 9.87. The summed E-state index contributed by atoms with van der Waals surface area (Å²) in [5.74, 6) is 0. The maximum absolute atomic E-state index is 4.20. The van der Waals surface area contributed by atoms with Crippen LogP contribution in [-0.4, -0.2) is 29.0 Å². The number of rotatable bonds is 3. The van der Waals surface area contributed by atoms with Crippen LogP contribution < -0.4 is 5.32 Å². The van der Waals surface area contributed by atoms with E-state index in [4.69, 9.17) is 0 Å². The van der Waals surface area contributed by atoms with E-state index in [9.17, 15) is 0 Å². The van der Waals surface area contributed by atoms with Crippen molar-refractivity contribution in [1.29, 1.82) is 0 Å². The number of hydrogen-bond donors (Lipinski definition) is 1. The van der Waals surface area contributed by atoms with Gasteiger partial charge in [0.05, 0.1) is 11.0 Å². The molecule has 2 unspecified atom stereocenters. The first-order valence-electron chi connectivity index (χ1n) is 7.10. The Morgan fingerprint density at radius 1 is 1.40 bits per heavy atom. The molecule has 0 radical (unpaired) electrons. The molecule has 1 aromatic heterocycles. The molecule has 1 aliphatic heterocycles. The van der Waals surface area contributed by atoms with Gasteiger partial charge < -0.3 is 5.32 Å². The van der Waals surface area contributed by atoms with Crippen molar-refractivity contribution in [1.82, 2.24) is 15.2 Å². The molecule has 2 aromatic rings. The third-order valence-electron chi connectivity index (χ3n) is 4.21. The van der Waals surface area contributed by atoms with Crippen molar-refractivity contribution >= 4 is 11.3 Å². The summed E-state index contributed by atoms with van der Waals surface area (Å²) in [6.07, 6.45) is 1.99. The van der Waals surface area contributed by atoms with E-state index in [1.165, 1.54) is 10.4 Å². The van der Waals surface area contributed by atoms with Crippen LogP contribution in [0.3, 0.4) is 0 Å². The summed E-state index contributed by atoms with van der Waals surface area (Å²) >= 11 is 1.74. The van der Waals surface area contributed by atoms with E-state index in [1.807, 2.05) is 11.7 Å². The highest BCUT2D eigenvalue weighted by atomic mass is 32.1. The van der Waals surface area contributed by atoms with E-state index in [2.05, 4.69) is 59.4 Å². The highest BCUT2D eigenvalue weighted by Gasteiger charge is 2.38. The SMILES string of the molecule is CC1CN(Cc2cncs2)C(C)(c2ccccc2)CN1. The molecule has 1 aliphatic rings. The predicted molar refractivity (Wildman–Crippen MR) is 83.8 cm³/mol. The number of thiazole rings is 1. The topological polar surface area (TPSA) is 28.2 Å². The second-order valence-corrected chi connectivity index (χ2v) is 6.74. The fraction of sp³-hybridized carbons (Fsp3) is 0.438. The van der Waals surface area contributed by atoms with Crippen LogP contribution in [0, 0.1) is 0 Å². The standard InChI is InChI=1S/C16H21N3S/c1-13-9-19(10-15-8-17-12-20-15)16(2,11-18-13)14-6-4-3-5-7-14/h3-8,12-13,18H,9-11H2,1-2H3. The van der Waals surface area contributed by atoms with Crippen LogP contribution in [0.15, 0.2) is 42.0 Å². The molecule has 3 rings (SSSR count). The van der Waals surface area contributed by atoms with Crippen LogP contribution in [-0.2, 0) is 12.1 Å². The molecule has 20 heavy (non-hydrogen) atoms. The zero-order chi connectivity index (χ0) is 14.0. The number of nitrogens with one attached hydrogen (secondary N) is 1. The highest BCUT2D eigenvalue weighted by Crippen LogP contribution is 2.32. The Labute approximate surface area is 124 Å². The van der Waals surface area contributed by atoms with Crippen molar-refractivity contribution in [3.8, 4) is 0 Å². The van der Waals surface area contributed by atoms with Gasteiger partial charge in [0.15, 0.2) is 0 Å². The number of aromatic nitrogens is 1. The average molecular weight is 287 g/mol. The molecule has 1 aromatic carbocycles. The van der Waals surface area contributed by atoms with Crippen molar-refractivity contribution in [3.63, 3.8) is 0 Å². The first kappa shape index (κ1) is 13.7. The van der Waals surface area contributed by atoms with Gasteiger partial charge >= 0.3 is 0 Å². The van der Waals surface area contributed by atoms with E-state index in [-0.39, 0.29) is 5.54 Å². The Kier molecular flexibility index (Phi) is 3.87. The zero-order valence-electron chi connectivity index (χ0n) is 12.0. The molecule has 3 nitrogen and oxygen atoms in total. The summed E-state index contributed by atoms with van der Waals surface area (Å²) in [4.78, 5) is 8.12. The maximum Gasteiger partial charge on any atom is 0.0794 e. The molecular weight excluding hydrogens is 266 g/mol. The fourth-order valence-corrected chi connectivity index (χ4v) is 3.52. The molecule has 0 spiro atoms. The molecule has 2 atom stereocenters. The maximum atomic E-state index is 4.20. The first-order chi connectivity index (χ1) is 9.68. The zero-order valence-corrected chi connectivity index (χ0v) is 12.9. The quantitative estimate of drug-likeness (QED) is 0.941. The third-order valence-corrected chi connectivity index (χ3v) is 4.98. The minimum absolute atomic E-state index is 0.0394. The summed E-state index contributed by atoms with van der Waals surface area (Å²) < 4.78 is 0. The summed E-state index contributed by atoms with van der Waals surface area (Å²) in [5, 5.41) is 3.63. The lowest BCUT2D eigenvalue weighted by Gasteiger charge is -2.47. The Morgan fingerprint density at radius 3 is 2.90 bits per heavy atom. The van der Waals surface area contributed by atoms with Crippen LogP contribution in [0.5, 0.6) is 0 Å². The second-order valence-electron chi connectivity index (χ2n) is 5.77. The molecule has 0 amide bonds. The summed E-state index contributed by atoms with van der Waals surface area (Å²) in [6, 6.07) is 11.3. The molecule has 106 valence electrons. The minimum Gasteiger partial charge on any atom is -0.311 e. The second kappa shape index (κ2) is 5.64. The largest absolute Gasteiger partial charge is 0.311 e. The van der Waals surface area contributed by atoms with Crippen LogP contribution in [0.4, 0.5) is 0 Å². The van der Waals surface area contributed by atoms with Crippen molar-refractivity contribution in [2.24, 2.45) is 0 Å². The predicted octanol–water partition coefficient (Wildman–Crippen LogP) is 2.85. The summed E-state index contributed by atoms with van der Waals surface area (Å²) in [5.41, 5.74) is 3.34. The Hall–Kier alpha value is -1.23. The van der Waals surface area contributed by atoms with Gasteiger partial charge in [-0.2, -0.15) is 0 Å². The van der Waals surface area contributed by atoms with Gasteiger partial charge in [0.2, 0.25) is 0 Å². The molecule has 0 aliphatic carbocycles. The third kappa shape index (κ3) is 2.64. The van der Waals surface area contributed by atoms with Crippen LogP contribution in [0.1, 0.15) is 24.3 Å². The molecule has 1 fully saturated rings. The Morgan fingerprint density at radius 2 is 2.20 bits per heavy atom.